The van der Waals surface area contributed by atoms with Crippen LogP contribution in [0.4, 0.5) is 5.00 Å². The van der Waals surface area contributed by atoms with Gasteiger partial charge in [-0.25, -0.2) is 0 Å². The molecule has 1 aromatic heterocycles. The zero-order chi connectivity index (χ0) is 15.2. The van der Waals surface area contributed by atoms with Crippen molar-refractivity contribution in [3.63, 3.8) is 0 Å². The summed E-state index contributed by atoms with van der Waals surface area (Å²) in [6.45, 7) is 4.11. The zero-order valence-electron chi connectivity index (χ0n) is 12.1. The van der Waals surface area contributed by atoms with E-state index in [1.54, 1.807) is 12.1 Å². The molecule has 0 fully saturated rings. The third kappa shape index (κ3) is 4.43. The van der Waals surface area contributed by atoms with E-state index in [0.717, 1.165) is 6.42 Å². The number of carbonyl (C=O) groups is 2. The second kappa shape index (κ2) is 7.04. The molecule has 0 spiro atoms. The maximum absolute atomic E-state index is 12.0. The number of hydrogen-bond donors (Lipinski definition) is 2. The Morgan fingerprint density at radius 3 is 2.62 bits per heavy atom. The predicted octanol–water partition coefficient (Wildman–Crippen LogP) is 2.99. The van der Waals surface area contributed by atoms with Gasteiger partial charge in [-0.15, -0.1) is 11.3 Å². The summed E-state index contributed by atoms with van der Waals surface area (Å²) in [6.07, 6.45) is 0.808. The van der Waals surface area contributed by atoms with E-state index in [4.69, 9.17) is 0 Å². The molecular formula is C16H18N2O2S. The first-order valence-corrected chi connectivity index (χ1v) is 7.58. The molecule has 2 N–H and O–H groups in total. The predicted molar refractivity (Wildman–Crippen MR) is 85.8 cm³/mol. The molecule has 1 aromatic carbocycles. The highest BCUT2D eigenvalue weighted by molar-refractivity contribution is 7.18. The molecule has 0 aliphatic carbocycles. The van der Waals surface area contributed by atoms with Crippen molar-refractivity contribution >= 4 is 28.2 Å². The van der Waals surface area contributed by atoms with Gasteiger partial charge in [0, 0.05) is 13.5 Å². The van der Waals surface area contributed by atoms with Crippen LogP contribution in [0, 0.1) is 6.92 Å². The molecule has 0 aliphatic rings. The Morgan fingerprint density at radius 2 is 1.90 bits per heavy atom. The van der Waals surface area contributed by atoms with Gasteiger partial charge in [0.05, 0.1) is 9.88 Å². The Labute approximate surface area is 128 Å². The molecule has 2 amide bonds. The number of benzene rings is 1. The lowest BCUT2D eigenvalue weighted by molar-refractivity contribution is -0.114. The molecular weight excluding hydrogens is 284 g/mol. The summed E-state index contributed by atoms with van der Waals surface area (Å²) >= 11 is 1.27. The van der Waals surface area contributed by atoms with Gasteiger partial charge >= 0.3 is 0 Å². The Bertz CT molecular complexity index is 649. The average Bonchev–Trinajstić information content (AvgIpc) is 2.88. The summed E-state index contributed by atoms with van der Waals surface area (Å²) in [5.41, 5.74) is 2.47. The normalized spacial score (nSPS) is 10.2. The van der Waals surface area contributed by atoms with Crippen molar-refractivity contribution in [2.75, 3.05) is 11.9 Å². The summed E-state index contributed by atoms with van der Waals surface area (Å²) < 4.78 is 0. The Balaban J connectivity index is 1.86. The highest BCUT2D eigenvalue weighted by atomic mass is 32.1. The van der Waals surface area contributed by atoms with Gasteiger partial charge in [0.2, 0.25) is 5.91 Å². The van der Waals surface area contributed by atoms with Crippen LogP contribution in [0.1, 0.15) is 27.7 Å². The van der Waals surface area contributed by atoms with Crippen LogP contribution in [0.2, 0.25) is 0 Å². The highest BCUT2D eigenvalue weighted by Crippen LogP contribution is 2.21. The third-order valence-corrected chi connectivity index (χ3v) is 4.07. The summed E-state index contributed by atoms with van der Waals surface area (Å²) in [5, 5.41) is 6.26. The van der Waals surface area contributed by atoms with E-state index < -0.39 is 0 Å². The van der Waals surface area contributed by atoms with Crippen LogP contribution in [-0.4, -0.2) is 18.4 Å². The molecule has 5 heteroatoms. The van der Waals surface area contributed by atoms with Crippen molar-refractivity contribution in [2.24, 2.45) is 0 Å². The first kappa shape index (κ1) is 15.3. The second-order valence-electron chi connectivity index (χ2n) is 4.78. The monoisotopic (exact) mass is 302 g/mol. The summed E-state index contributed by atoms with van der Waals surface area (Å²) in [7, 11) is 0. The Kier molecular flexibility index (Phi) is 5.11. The van der Waals surface area contributed by atoms with Crippen molar-refractivity contribution in [1.82, 2.24) is 5.32 Å². The standard InChI is InChI=1S/C16H18N2O2S/c1-11-5-3-4-6-13(11)9-10-17-16(20)14-7-8-15(21-14)18-12(2)19/h3-8H,9-10H2,1-2H3,(H,17,20)(H,18,19). The lowest BCUT2D eigenvalue weighted by Crippen LogP contribution is -2.25. The fraction of sp³-hybridized carbons (Fsp3) is 0.250. The molecule has 0 bridgehead atoms. The second-order valence-corrected chi connectivity index (χ2v) is 5.86. The molecule has 1 heterocycles. The van der Waals surface area contributed by atoms with Gasteiger partial charge in [-0.05, 0) is 36.6 Å². The molecule has 2 aromatic rings. The van der Waals surface area contributed by atoms with E-state index in [-0.39, 0.29) is 11.8 Å². The molecule has 0 radical (unpaired) electrons. The van der Waals surface area contributed by atoms with Gasteiger partial charge in [0.1, 0.15) is 0 Å². The number of amides is 2. The minimum atomic E-state index is -0.136. The van der Waals surface area contributed by atoms with E-state index in [2.05, 4.69) is 29.7 Å². The largest absolute Gasteiger partial charge is 0.351 e. The fourth-order valence-corrected chi connectivity index (χ4v) is 2.86. The molecule has 0 saturated heterocycles. The Hall–Kier alpha value is -2.14. The Morgan fingerprint density at radius 1 is 1.14 bits per heavy atom. The lowest BCUT2D eigenvalue weighted by atomic mass is 10.1. The molecule has 110 valence electrons. The van der Waals surface area contributed by atoms with E-state index in [1.807, 2.05) is 12.1 Å². The number of thiophene rings is 1. The summed E-state index contributed by atoms with van der Waals surface area (Å²) in [6, 6.07) is 11.6. The summed E-state index contributed by atoms with van der Waals surface area (Å²) in [4.78, 5) is 23.6. The SMILES string of the molecule is CC(=O)Nc1ccc(C(=O)NCCc2ccccc2C)s1. The van der Waals surface area contributed by atoms with Crippen LogP contribution in [0.5, 0.6) is 0 Å². The summed E-state index contributed by atoms with van der Waals surface area (Å²) in [5.74, 6) is -0.242. The quantitative estimate of drug-likeness (QED) is 0.892. The van der Waals surface area contributed by atoms with E-state index in [1.165, 1.54) is 29.4 Å². The number of aryl methyl sites for hydroxylation is 1. The van der Waals surface area contributed by atoms with Gasteiger partial charge in [-0.3, -0.25) is 9.59 Å². The van der Waals surface area contributed by atoms with E-state index >= 15 is 0 Å². The van der Waals surface area contributed by atoms with Crippen molar-refractivity contribution in [3.05, 3.63) is 52.4 Å². The third-order valence-electron chi connectivity index (χ3n) is 3.07. The van der Waals surface area contributed by atoms with Crippen LogP contribution in [0.3, 0.4) is 0 Å². The van der Waals surface area contributed by atoms with Crippen molar-refractivity contribution in [2.45, 2.75) is 20.3 Å². The van der Waals surface area contributed by atoms with Crippen molar-refractivity contribution in [1.29, 1.82) is 0 Å². The van der Waals surface area contributed by atoms with Gasteiger partial charge < -0.3 is 10.6 Å². The van der Waals surface area contributed by atoms with Crippen LogP contribution in [0.15, 0.2) is 36.4 Å². The number of nitrogens with one attached hydrogen (secondary N) is 2. The number of anilines is 1. The van der Waals surface area contributed by atoms with Crippen LogP contribution < -0.4 is 10.6 Å². The maximum atomic E-state index is 12.0. The van der Waals surface area contributed by atoms with Gasteiger partial charge in [-0.1, -0.05) is 24.3 Å². The number of carbonyl (C=O) groups excluding carboxylic acids is 2. The van der Waals surface area contributed by atoms with Crippen molar-refractivity contribution < 1.29 is 9.59 Å². The number of rotatable bonds is 5. The number of hydrogen-bond acceptors (Lipinski definition) is 3. The van der Waals surface area contributed by atoms with Gasteiger partial charge in [-0.2, -0.15) is 0 Å². The smallest absolute Gasteiger partial charge is 0.261 e. The molecule has 0 aliphatic heterocycles. The molecule has 0 unspecified atom stereocenters. The van der Waals surface area contributed by atoms with Crippen molar-refractivity contribution in [3.8, 4) is 0 Å². The molecule has 21 heavy (non-hydrogen) atoms. The molecule has 2 rings (SSSR count). The van der Waals surface area contributed by atoms with E-state index in [9.17, 15) is 9.59 Å². The average molecular weight is 302 g/mol. The first-order valence-electron chi connectivity index (χ1n) is 6.76. The van der Waals surface area contributed by atoms with Crippen LogP contribution in [0.25, 0.3) is 0 Å². The van der Waals surface area contributed by atoms with Crippen LogP contribution >= 0.6 is 11.3 Å². The van der Waals surface area contributed by atoms with Gasteiger partial charge in [0.15, 0.2) is 0 Å². The maximum Gasteiger partial charge on any atom is 0.261 e. The van der Waals surface area contributed by atoms with Gasteiger partial charge in [0.25, 0.3) is 5.91 Å². The molecule has 0 atom stereocenters. The van der Waals surface area contributed by atoms with Crippen LogP contribution in [-0.2, 0) is 11.2 Å². The minimum Gasteiger partial charge on any atom is -0.351 e. The fourth-order valence-electron chi connectivity index (χ4n) is 1.99. The molecule has 4 nitrogen and oxygen atoms in total. The topological polar surface area (TPSA) is 58.2 Å². The minimum absolute atomic E-state index is 0.106. The first-order chi connectivity index (χ1) is 10.1. The molecule has 0 saturated carbocycles. The highest BCUT2D eigenvalue weighted by Gasteiger charge is 2.09. The lowest BCUT2D eigenvalue weighted by Gasteiger charge is -2.06. The zero-order valence-corrected chi connectivity index (χ0v) is 12.9. The van der Waals surface area contributed by atoms with E-state index in [0.29, 0.717) is 16.4 Å².